The minimum Gasteiger partial charge on any atom is -0.491 e. The molecule has 1 aromatic carbocycles. The molecule has 1 saturated carbocycles. The van der Waals surface area contributed by atoms with Crippen molar-refractivity contribution in [3.8, 4) is 5.75 Å². The van der Waals surface area contributed by atoms with Gasteiger partial charge < -0.3 is 9.47 Å². The molecule has 21 heavy (non-hydrogen) atoms. The molecule has 2 rings (SSSR count). The summed E-state index contributed by atoms with van der Waals surface area (Å²) < 4.78 is 11.0. The molecule has 1 aliphatic rings. The van der Waals surface area contributed by atoms with Gasteiger partial charge in [-0.3, -0.25) is 0 Å². The number of rotatable bonds is 8. The van der Waals surface area contributed by atoms with E-state index in [1.807, 2.05) is 6.92 Å². The lowest BCUT2D eigenvalue weighted by Gasteiger charge is -2.28. The summed E-state index contributed by atoms with van der Waals surface area (Å²) >= 11 is 0. The van der Waals surface area contributed by atoms with E-state index in [0.717, 1.165) is 24.2 Å². The van der Waals surface area contributed by atoms with Gasteiger partial charge in [0.1, 0.15) is 12.4 Å². The quantitative estimate of drug-likeness (QED) is 0.614. The van der Waals surface area contributed by atoms with Gasteiger partial charge in [-0.05, 0) is 62.1 Å². The van der Waals surface area contributed by atoms with E-state index in [0.29, 0.717) is 13.2 Å². The van der Waals surface area contributed by atoms with Crippen LogP contribution in [0.25, 0.3) is 0 Å². The smallest absolute Gasteiger partial charge is 0.119 e. The Kier molecular flexibility index (Phi) is 7.08. The summed E-state index contributed by atoms with van der Waals surface area (Å²) in [6.07, 6.45) is 8.28. The van der Waals surface area contributed by atoms with Crippen LogP contribution in [-0.4, -0.2) is 19.8 Å². The molecule has 0 N–H and O–H groups in total. The standard InChI is InChI=1S/C19H30O2/c1-3-5-16-6-8-17(9-7-16)18-10-12-19(13-11-18)21-15-14-20-4-2/h10-13,16-17H,3-9,14-15H2,1-2H3. The molecule has 0 atom stereocenters. The highest BCUT2D eigenvalue weighted by Crippen LogP contribution is 2.37. The van der Waals surface area contributed by atoms with E-state index < -0.39 is 0 Å². The molecule has 1 fully saturated rings. The zero-order chi connectivity index (χ0) is 14.9. The first-order valence-electron chi connectivity index (χ1n) is 8.64. The van der Waals surface area contributed by atoms with Crippen molar-refractivity contribution >= 4 is 0 Å². The summed E-state index contributed by atoms with van der Waals surface area (Å²) in [4.78, 5) is 0. The highest BCUT2D eigenvalue weighted by molar-refractivity contribution is 5.29. The van der Waals surface area contributed by atoms with E-state index in [1.54, 1.807) is 0 Å². The van der Waals surface area contributed by atoms with Gasteiger partial charge in [-0.2, -0.15) is 0 Å². The highest BCUT2D eigenvalue weighted by atomic mass is 16.5. The second-order valence-corrected chi connectivity index (χ2v) is 6.12. The molecule has 0 aliphatic heterocycles. The molecule has 118 valence electrons. The van der Waals surface area contributed by atoms with Gasteiger partial charge in [0.2, 0.25) is 0 Å². The largest absolute Gasteiger partial charge is 0.491 e. The maximum absolute atomic E-state index is 5.67. The highest BCUT2D eigenvalue weighted by Gasteiger charge is 2.21. The monoisotopic (exact) mass is 290 g/mol. The van der Waals surface area contributed by atoms with Crippen molar-refractivity contribution in [1.82, 2.24) is 0 Å². The fraction of sp³-hybridized carbons (Fsp3) is 0.684. The lowest BCUT2D eigenvalue weighted by Crippen LogP contribution is -2.13. The van der Waals surface area contributed by atoms with E-state index >= 15 is 0 Å². The molecule has 0 aromatic heterocycles. The molecule has 0 radical (unpaired) electrons. The van der Waals surface area contributed by atoms with Gasteiger partial charge in [0.05, 0.1) is 6.61 Å². The van der Waals surface area contributed by atoms with Crippen molar-refractivity contribution in [2.24, 2.45) is 5.92 Å². The van der Waals surface area contributed by atoms with Crippen LogP contribution in [0, 0.1) is 5.92 Å². The Hall–Kier alpha value is -1.02. The normalized spacial score (nSPS) is 22.2. The van der Waals surface area contributed by atoms with Crippen molar-refractivity contribution in [2.75, 3.05) is 19.8 Å². The first kappa shape index (κ1) is 16.4. The van der Waals surface area contributed by atoms with Crippen molar-refractivity contribution in [1.29, 1.82) is 0 Å². The third-order valence-electron chi connectivity index (χ3n) is 4.60. The lowest BCUT2D eigenvalue weighted by atomic mass is 9.77. The van der Waals surface area contributed by atoms with Crippen molar-refractivity contribution in [3.05, 3.63) is 29.8 Å². The second-order valence-electron chi connectivity index (χ2n) is 6.12. The molecule has 2 heteroatoms. The van der Waals surface area contributed by atoms with E-state index in [9.17, 15) is 0 Å². The predicted molar refractivity (Wildman–Crippen MR) is 88.0 cm³/mol. The molecule has 0 heterocycles. The Morgan fingerprint density at radius 3 is 2.29 bits per heavy atom. The van der Waals surface area contributed by atoms with Gasteiger partial charge >= 0.3 is 0 Å². The number of hydrogen-bond donors (Lipinski definition) is 0. The third-order valence-corrected chi connectivity index (χ3v) is 4.60. The maximum Gasteiger partial charge on any atom is 0.119 e. The first-order valence-corrected chi connectivity index (χ1v) is 8.64. The van der Waals surface area contributed by atoms with Crippen LogP contribution in [0.2, 0.25) is 0 Å². The molecule has 2 nitrogen and oxygen atoms in total. The predicted octanol–water partition coefficient (Wildman–Crippen LogP) is 5.18. The third kappa shape index (κ3) is 5.35. The number of hydrogen-bond acceptors (Lipinski definition) is 2. The van der Waals surface area contributed by atoms with Crippen LogP contribution in [0.1, 0.15) is 63.9 Å². The summed E-state index contributed by atoms with van der Waals surface area (Å²) in [6, 6.07) is 8.72. The van der Waals surface area contributed by atoms with Gasteiger partial charge in [-0.25, -0.2) is 0 Å². The molecule has 1 aromatic rings. The van der Waals surface area contributed by atoms with E-state index in [1.165, 1.54) is 44.1 Å². The minimum absolute atomic E-state index is 0.634. The van der Waals surface area contributed by atoms with Crippen LogP contribution >= 0.6 is 0 Å². The Morgan fingerprint density at radius 1 is 0.952 bits per heavy atom. The molecule has 1 aliphatic carbocycles. The first-order chi connectivity index (χ1) is 10.3. The fourth-order valence-corrected chi connectivity index (χ4v) is 3.39. The number of ether oxygens (including phenoxy) is 2. The Morgan fingerprint density at radius 2 is 1.67 bits per heavy atom. The average molecular weight is 290 g/mol. The van der Waals surface area contributed by atoms with Crippen LogP contribution in [0.15, 0.2) is 24.3 Å². The van der Waals surface area contributed by atoms with E-state index in [4.69, 9.17) is 9.47 Å². The van der Waals surface area contributed by atoms with Crippen LogP contribution in [0.5, 0.6) is 5.75 Å². The van der Waals surface area contributed by atoms with Gasteiger partial charge in [0, 0.05) is 6.61 Å². The maximum atomic E-state index is 5.67. The van der Waals surface area contributed by atoms with Crippen LogP contribution in [0.3, 0.4) is 0 Å². The van der Waals surface area contributed by atoms with Crippen molar-refractivity contribution in [3.63, 3.8) is 0 Å². The Balaban J connectivity index is 1.77. The van der Waals surface area contributed by atoms with Crippen LogP contribution < -0.4 is 4.74 Å². The van der Waals surface area contributed by atoms with Gasteiger partial charge in [-0.15, -0.1) is 0 Å². The summed E-state index contributed by atoms with van der Waals surface area (Å²) in [7, 11) is 0. The molecular weight excluding hydrogens is 260 g/mol. The average Bonchev–Trinajstić information content (AvgIpc) is 2.53. The molecule has 0 amide bonds. The SMILES string of the molecule is CCCC1CCC(c2ccc(OCCOCC)cc2)CC1. The Bertz CT molecular complexity index is 377. The van der Waals surface area contributed by atoms with Crippen molar-refractivity contribution < 1.29 is 9.47 Å². The summed E-state index contributed by atoms with van der Waals surface area (Å²) in [6.45, 7) is 6.36. The molecule has 0 spiro atoms. The molecule has 0 bridgehead atoms. The van der Waals surface area contributed by atoms with Crippen LogP contribution in [0.4, 0.5) is 0 Å². The van der Waals surface area contributed by atoms with E-state index in [2.05, 4.69) is 31.2 Å². The fourth-order valence-electron chi connectivity index (χ4n) is 3.39. The zero-order valence-electron chi connectivity index (χ0n) is 13.6. The van der Waals surface area contributed by atoms with Crippen LogP contribution in [-0.2, 0) is 4.74 Å². The van der Waals surface area contributed by atoms with Crippen molar-refractivity contribution in [2.45, 2.75) is 58.3 Å². The van der Waals surface area contributed by atoms with Gasteiger partial charge in [-0.1, -0.05) is 31.9 Å². The number of benzene rings is 1. The summed E-state index contributed by atoms with van der Waals surface area (Å²) in [5, 5.41) is 0. The van der Waals surface area contributed by atoms with Gasteiger partial charge in [0.25, 0.3) is 0 Å². The lowest BCUT2D eigenvalue weighted by molar-refractivity contribution is 0.110. The second kappa shape index (κ2) is 9.09. The molecule has 0 saturated heterocycles. The summed E-state index contributed by atoms with van der Waals surface area (Å²) in [5.74, 6) is 2.70. The topological polar surface area (TPSA) is 18.5 Å². The zero-order valence-corrected chi connectivity index (χ0v) is 13.6. The minimum atomic E-state index is 0.634. The molecular formula is C19H30O2. The van der Waals surface area contributed by atoms with E-state index in [-0.39, 0.29) is 0 Å². The summed E-state index contributed by atoms with van der Waals surface area (Å²) in [5.41, 5.74) is 1.49. The molecule has 0 unspecified atom stereocenters. The van der Waals surface area contributed by atoms with Gasteiger partial charge in [0.15, 0.2) is 0 Å². The Labute approximate surface area is 129 Å².